The quantitative estimate of drug-likeness (QED) is 0.0297. The summed E-state index contributed by atoms with van der Waals surface area (Å²) >= 11 is 2.59. The summed E-state index contributed by atoms with van der Waals surface area (Å²) < 4.78 is 7.40. The second-order valence-corrected chi connectivity index (χ2v) is 17.7. The molecule has 2 atom stereocenters. The second-order valence-electron chi connectivity index (χ2n) is 15.7. The average Bonchev–Trinajstić information content (AvgIpc) is 3.70. The summed E-state index contributed by atoms with van der Waals surface area (Å²) in [5, 5.41) is 22.3. The number of pyridine rings is 1. The highest BCUT2D eigenvalue weighted by atomic mass is 32.2. The van der Waals surface area contributed by atoms with Gasteiger partial charge in [-0.1, -0.05) is 102 Å². The Bertz CT molecular complexity index is 2340. The van der Waals surface area contributed by atoms with E-state index in [0.717, 1.165) is 16.7 Å². The van der Waals surface area contributed by atoms with E-state index >= 15 is 0 Å². The number of thioether (sulfide) groups is 1. The minimum Gasteiger partial charge on any atom is -0.477 e. The molecule has 2 amide bonds. The summed E-state index contributed by atoms with van der Waals surface area (Å²) in [5.74, 6) is -3.01. The molecule has 0 aliphatic carbocycles. The number of hydrogen-bond donors (Lipinski definition) is 3. The summed E-state index contributed by atoms with van der Waals surface area (Å²) in [7, 11) is 0. The monoisotopic (exact) mass is 845 g/mol. The molecule has 5 aromatic rings. The van der Waals surface area contributed by atoms with Crippen LogP contribution >= 0.6 is 23.1 Å². The maximum Gasteiger partial charge on any atom is 0.353 e. The molecule has 60 heavy (non-hydrogen) atoms. The lowest BCUT2D eigenvalue weighted by Gasteiger charge is -2.49. The maximum absolute atomic E-state index is 14.4. The van der Waals surface area contributed by atoms with Crippen molar-refractivity contribution in [2.24, 2.45) is 5.16 Å². The number of oxime groups is 1. The number of carbonyl (C=O) groups excluding carboxylic acids is 3. The molecule has 1 fully saturated rings. The van der Waals surface area contributed by atoms with Crippen molar-refractivity contribution < 1.29 is 38.4 Å². The van der Waals surface area contributed by atoms with E-state index in [1.165, 1.54) is 41.8 Å². The Kier molecular flexibility index (Phi) is 11.9. The van der Waals surface area contributed by atoms with E-state index in [-0.39, 0.29) is 23.6 Å². The first-order chi connectivity index (χ1) is 28.7. The van der Waals surface area contributed by atoms with Gasteiger partial charge in [-0.2, -0.15) is 0 Å². The third-order valence-electron chi connectivity index (χ3n) is 9.82. The molecule has 1 saturated heterocycles. The number of carbonyl (C=O) groups is 4. The highest BCUT2D eigenvalue weighted by Crippen LogP contribution is 2.42. The van der Waals surface area contributed by atoms with Crippen molar-refractivity contribution in [3.8, 4) is 0 Å². The molecule has 4 heterocycles. The molecule has 15 heteroatoms. The lowest BCUT2D eigenvalue weighted by atomic mass is 9.77. The van der Waals surface area contributed by atoms with Gasteiger partial charge in [0, 0.05) is 28.8 Å². The van der Waals surface area contributed by atoms with Crippen molar-refractivity contribution >= 4 is 57.7 Å². The van der Waals surface area contributed by atoms with Crippen LogP contribution in [0.2, 0.25) is 0 Å². The number of benzene rings is 3. The second kappa shape index (κ2) is 17.1. The molecular weight excluding hydrogens is 801 g/mol. The van der Waals surface area contributed by atoms with E-state index in [1.54, 1.807) is 26.2 Å². The lowest BCUT2D eigenvalue weighted by Crippen LogP contribution is -2.71. The topological polar surface area (TPSA) is 163 Å². The molecule has 2 aromatic heterocycles. The van der Waals surface area contributed by atoms with Gasteiger partial charge < -0.3 is 25.3 Å². The highest BCUT2D eigenvalue weighted by molar-refractivity contribution is 8.00. The van der Waals surface area contributed by atoms with Crippen molar-refractivity contribution in [1.29, 1.82) is 0 Å². The fourth-order valence-electron chi connectivity index (χ4n) is 6.96. The Morgan fingerprint density at radius 2 is 1.42 bits per heavy atom. The predicted octanol–water partition coefficient (Wildman–Crippen LogP) is 6.11. The zero-order valence-corrected chi connectivity index (χ0v) is 35.3. The van der Waals surface area contributed by atoms with Gasteiger partial charge in [0.25, 0.3) is 11.8 Å². The van der Waals surface area contributed by atoms with E-state index in [0.29, 0.717) is 16.5 Å². The van der Waals surface area contributed by atoms with Crippen LogP contribution in [0.25, 0.3) is 0 Å². The van der Waals surface area contributed by atoms with Gasteiger partial charge in [0.2, 0.25) is 5.60 Å². The van der Waals surface area contributed by atoms with Crippen molar-refractivity contribution in [3.05, 3.63) is 161 Å². The number of hydrogen-bond acceptors (Lipinski definition) is 11. The van der Waals surface area contributed by atoms with Gasteiger partial charge in [-0.25, -0.2) is 19.1 Å². The lowest BCUT2D eigenvalue weighted by molar-refractivity contribution is -0.689. The molecule has 3 N–H and O–H groups in total. The molecule has 2 aliphatic rings. The summed E-state index contributed by atoms with van der Waals surface area (Å²) in [4.78, 5) is 65.7. The van der Waals surface area contributed by atoms with E-state index in [2.05, 4.69) is 15.8 Å². The number of carboxylic acid groups (broad SMARTS) is 1. The molecule has 0 spiro atoms. The van der Waals surface area contributed by atoms with Gasteiger partial charge >= 0.3 is 11.9 Å². The smallest absolute Gasteiger partial charge is 0.353 e. The van der Waals surface area contributed by atoms with Gasteiger partial charge in [-0.15, -0.1) is 23.1 Å². The van der Waals surface area contributed by atoms with Crippen LogP contribution in [0.4, 0.5) is 5.13 Å². The normalized spacial score (nSPS) is 17.0. The van der Waals surface area contributed by atoms with E-state index in [4.69, 9.17) is 14.6 Å². The number of anilines is 1. The van der Waals surface area contributed by atoms with Crippen LogP contribution in [0.1, 0.15) is 57.0 Å². The third kappa shape index (κ3) is 8.68. The number of amides is 2. The van der Waals surface area contributed by atoms with Crippen molar-refractivity contribution in [2.75, 3.05) is 11.1 Å². The Hall–Kier alpha value is -6.32. The SMILES string of the molecule is CC(C)(C)OC(=O)C(C)(C)O/N=C(/C(=O)N[C@@H]1C(=O)N2C(C(=O)O)=C(C[n+]3ccccc3)CS[C@H]12)c1csc(NC(c2ccccc2)(c2ccccc2)c2ccccc2)n1. The first-order valence-electron chi connectivity index (χ1n) is 19.2. The molecule has 0 radical (unpaired) electrons. The van der Waals surface area contributed by atoms with Crippen LogP contribution in [0.3, 0.4) is 0 Å². The summed E-state index contributed by atoms with van der Waals surface area (Å²) in [6, 6.07) is 34.3. The fourth-order valence-corrected chi connectivity index (χ4v) is 9.04. The molecule has 0 bridgehead atoms. The van der Waals surface area contributed by atoms with Gasteiger partial charge in [0.15, 0.2) is 29.8 Å². The van der Waals surface area contributed by atoms with Gasteiger partial charge in [-0.3, -0.25) is 14.5 Å². The van der Waals surface area contributed by atoms with Crippen molar-refractivity contribution in [3.63, 3.8) is 0 Å². The standard InChI is InChI=1S/C45H44N6O7S2/c1-43(2,3)57-41(56)44(4,5)58-49-34(37(52)47-35-38(53)51-36(40(54)55)29(27-59-39(35)51)26-50-24-16-9-17-25-50)33-28-60-42(46-33)48-45(30-18-10-6-11-19-30,31-20-12-7-13-21-31)32-22-14-8-15-23-32/h6-25,28,35,39H,26-27H2,1-5H3,(H2-,46,47,48,52,54,55)/p+1/b49-34+/t35-,39-/m1/s1. The van der Waals surface area contributed by atoms with Crippen LogP contribution in [-0.2, 0) is 40.8 Å². The molecule has 3 aromatic carbocycles. The molecule has 0 unspecified atom stereocenters. The van der Waals surface area contributed by atoms with E-state index in [1.807, 2.05) is 126 Å². The number of β-lactam (4-membered cyclic amide) rings is 1. The summed E-state index contributed by atoms with van der Waals surface area (Å²) in [5.41, 5.74) is -0.300. The number of aromatic nitrogens is 2. The largest absolute Gasteiger partial charge is 0.477 e. The summed E-state index contributed by atoms with van der Waals surface area (Å²) in [6.45, 7) is 8.40. The Morgan fingerprint density at radius 1 is 0.867 bits per heavy atom. The summed E-state index contributed by atoms with van der Waals surface area (Å²) in [6.07, 6.45) is 3.64. The average molecular weight is 846 g/mol. The molecule has 308 valence electrons. The minimum absolute atomic E-state index is 0.101. The Labute approximate surface area is 356 Å². The van der Waals surface area contributed by atoms with Gasteiger partial charge in [0.05, 0.1) is 0 Å². The Balaban J connectivity index is 1.22. The number of fused-ring (bicyclic) bond motifs is 1. The number of thiazole rings is 1. The number of carboxylic acids is 1. The minimum atomic E-state index is -1.63. The Morgan fingerprint density at radius 3 is 1.95 bits per heavy atom. The first kappa shape index (κ1) is 41.8. The van der Waals surface area contributed by atoms with E-state index in [9.17, 15) is 24.3 Å². The molecule has 7 rings (SSSR count). The van der Waals surface area contributed by atoms with Gasteiger partial charge in [0.1, 0.15) is 33.9 Å². The van der Waals surface area contributed by atoms with Crippen molar-refractivity contribution in [1.82, 2.24) is 15.2 Å². The number of nitrogens with zero attached hydrogens (tertiary/aromatic N) is 4. The zero-order chi connectivity index (χ0) is 42.7. The molecule has 0 saturated carbocycles. The number of aliphatic carboxylic acids is 1. The van der Waals surface area contributed by atoms with Gasteiger partial charge in [-0.05, 0) is 51.3 Å². The van der Waals surface area contributed by atoms with E-state index < -0.39 is 51.9 Å². The van der Waals surface area contributed by atoms with Crippen LogP contribution < -0.4 is 15.2 Å². The maximum atomic E-state index is 14.4. The number of rotatable bonds is 14. The molecule has 13 nitrogen and oxygen atoms in total. The van der Waals surface area contributed by atoms with Crippen LogP contribution in [0.5, 0.6) is 0 Å². The zero-order valence-electron chi connectivity index (χ0n) is 33.7. The van der Waals surface area contributed by atoms with Crippen LogP contribution in [0.15, 0.2) is 143 Å². The van der Waals surface area contributed by atoms with Crippen molar-refractivity contribution in [2.45, 2.75) is 69.3 Å². The third-order valence-corrected chi connectivity index (χ3v) is 11.9. The number of nitrogens with one attached hydrogen (secondary N) is 2. The number of ether oxygens (including phenoxy) is 1. The first-order valence-corrected chi connectivity index (χ1v) is 21.2. The fraction of sp³-hybridized carbons (Fsp3) is 0.267. The van der Waals surface area contributed by atoms with Crippen LogP contribution in [0, 0.1) is 0 Å². The molecular formula is C45H45N6O7S2+. The number of esters is 1. The van der Waals surface area contributed by atoms with Crippen LogP contribution in [-0.4, -0.2) is 72.8 Å². The predicted molar refractivity (Wildman–Crippen MR) is 229 cm³/mol. The highest BCUT2D eigenvalue weighted by Gasteiger charge is 2.55. The molecule has 2 aliphatic heterocycles.